The standard InChI is InChI=1S/C16H17FN2OS/c1-19(10-12-5-3-2-4-6-12)16(20)11-21-15-8-13(17)7-14(18)9-15/h2-9H,10-11,18H2,1H3. The van der Waals surface area contributed by atoms with Gasteiger partial charge in [-0.2, -0.15) is 0 Å². The van der Waals surface area contributed by atoms with Crippen LogP contribution in [0.15, 0.2) is 53.4 Å². The molecule has 0 spiro atoms. The lowest BCUT2D eigenvalue weighted by atomic mass is 10.2. The van der Waals surface area contributed by atoms with Crippen LogP contribution in [0.5, 0.6) is 0 Å². The van der Waals surface area contributed by atoms with E-state index < -0.39 is 0 Å². The van der Waals surface area contributed by atoms with Gasteiger partial charge in [-0.15, -0.1) is 11.8 Å². The molecule has 110 valence electrons. The number of nitrogens with two attached hydrogens (primary N) is 1. The van der Waals surface area contributed by atoms with Crippen LogP contribution in [0, 0.1) is 5.82 Å². The van der Waals surface area contributed by atoms with Gasteiger partial charge in [0, 0.05) is 24.2 Å². The van der Waals surface area contributed by atoms with Gasteiger partial charge in [0.25, 0.3) is 0 Å². The minimum absolute atomic E-state index is 0.00770. The first kappa shape index (κ1) is 15.4. The SMILES string of the molecule is CN(Cc1ccccc1)C(=O)CSc1cc(N)cc(F)c1. The van der Waals surface area contributed by atoms with Crippen LogP contribution in [-0.4, -0.2) is 23.6 Å². The molecule has 21 heavy (non-hydrogen) atoms. The average molecular weight is 304 g/mol. The maximum absolute atomic E-state index is 13.2. The van der Waals surface area contributed by atoms with Gasteiger partial charge in [0.2, 0.25) is 5.91 Å². The van der Waals surface area contributed by atoms with E-state index in [1.165, 1.54) is 23.9 Å². The Morgan fingerprint density at radius 2 is 1.95 bits per heavy atom. The van der Waals surface area contributed by atoms with Crippen molar-refractivity contribution in [3.8, 4) is 0 Å². The van der Waals surface area contributed by atoms with Gasteiger partial charge in [-0.1, -0.05) is 30.3 Å². The van der Waals surface area contributed by atoms with Gasteiger partial charge in [0.1, 0.15) is 5.82 Å². The Labute approximate surface area is 127 Å². The molecule has 2 aromatic carbocycles. The van der Waals surface area contributed by atoms with Gasteiger partial charge < -0.3 is 10.6 Å². The van der Waals surface area contributed by atoms with Gasteiger partial charge in [-0.05, 0) is 23.8 Å². The second kappa shape index (κ2) is 7.13. The molecule has 2 N–H and O–H groups in total. The fourth-order valence-corrected chi connectivity index (χ4v) is 2.79. The van der Waals surface area contributed by atoms with E-state index >= 15 is 0 Å². The molecule has 0 saturated heterocycles. The topological polar surface area (TPSA) is 46.3 Å². The number of rotatable bonds is 5. The third-order valence-electron chi connectivity index (χ3n) is 2.94. The van der Waals surface area contributed by atoms with E-state index in [9.17, 15) is 9.18 Å². The summed E-state index contributed by atoms with van der Waals surface area (Å²) in [6, 6.07) is 14.1. The minimum atomic E-state index is -0.386. The summed E-state index contributed by atoms with van der Waals surface area (Å²) < 4.78 is 13.2. The van der Waals surface area contributed by atoms with Crippen LogP contribution >= 0.6 is 11.8 Å². The summed E-state index contributed by atoms with van der Waals surface area (Å²) in [5.41, 5.74) is 7.02. The molecule has 0 aliphatic heterocycles. The number of amides is 1. The second-order valence-electron chi connectivity index (χ2n) is 4.74. The van der Waals surface area contributed by atoms with Gasteiger partial charge in [0.05, 0.1) is 5.75 Å². The maximum Gasteiger partial charge on any atom is 0.232 e. The predicted molar refractivity (Wildman–Crippen MR) is 84.5 cm³/mol. The maximum atomic E-state index is 13.2. The Morgan fingerprint density at radius 1 is 1.24 bits per heavy atom. The third kappa shape index (κ3) is 4.79. The van der Waals surface area contributed by atoms with Crippen LogP contribution in [0.3, 0.4) is 0 Å². The zero-order chi connectivity index (χ0) is 15.2. The molecule has 2 rings (SSSR count). The Balaban J connectivity index is 1.89. The van der Waals surface area contributed by atoms with Crippen molar-refractivity contribution in [2.45, 2.75) is 11.4 Å². The number of anilines is 1. The Morgan fingerprint density at radius 3 is 2.62 bits per heavy atom. The van der Waals surface area contributed by atoms with E-state index in [1.807, 2.05) is 30.3 Å². The number of carbonyl (C=O) groups excluding carboxylic acids is 1. The van der Waals surface area contributed by atoms with Crippen molar-refractivity contribution in [1.29, 1.82) is 0 Å². The first-order valence-electron chi connectivity index (χ1n) is 6.51. The summed E-state index contributed by atoms with van der Waals surface area (Å²) in [6.07, 6.45) is 0. The van der Waals surface area contributed by atoms with Crippen LogP contribution in [-0.2, 0) is 11.3 Å². The summed E-state index contributed by atoms with van der Waals surface area (Å²) in [5, 5.41) is 0. The molecule has 0 atom stereocenters. The largest absolute Gasteiger partial charge is 0.399 e. The Hall–Kier alpha value is -2.01. The summed E-state index contributed by atoms with van der Waals surface area (Å²) in [5.74, 6) is -0.138. The third-order valence-corrected chi connectivity index (χ3v) is 3.90. The molecule has 0 heterocycles. The molecule has 0 unspecified atom stereocenters. The fraction of sp³-hybridized carbons (Fsp3) is 0.188. The summed E-state index contributed by atoms with van der Waals surface area (Å²) in [7, 11) is 1.76. The molecule has 5 heteroatoms. The van der Waals surface area contributed by atoms with Crippen molar-refractivity contribution < 1.29 is 9.18 Å². The highest BCUT2D eigenvalue weighted by Crippen LogP contribution is 2.22. The van der Waals surface area contributed by atoms with Crippen molar-refractivity contribution in [3.05, 3.63) is 59.9 Å². The first-order chi connectivity index (χ1) is 10.0. The van der Waals surface area contributed by atoms with Crippen LogP contribution in [0.1, 0.15) is 5.56 Å². The van der Waals surface area contributed by atoms with E-state index in [0.29, 0.717) is 17.1 Å². The van der Waals surface area contributed by atoms with Crippen LogP contribution < -0.4 is 5.73 Å². The zero-order valence-electron chi connectivity index (χ0n) is 11.8. The minimum Gasteiger partial charge on any atom is -0.399 e. The summed E-state index contributed by atoms with van der Waals surface area (Å²) in [6.45, 7) is 0.561. The molecule has 0 aliphatic rings. The number of nitrogen functional groups attached to an aromatic ring is 1. The molecule has 0 aromatic heterocycles. The highest BCUT2D eigenvalue weighted by molar-refractivity contribution is 8.00. The molecule has 0 saturated carbocycles. The number of thioether (sulfide) groups is 1. The monoisotopic (exact) mass is 304 g/mol. The van der Waals surface area contributed by atoms with Crippen LogP contribution in [0.25, 0.3) is 0 Å². The van der Waals surface area contributed by atoms with Crippen molar-refractivity contribution >= 4 is 23.4 Å². The molecule has 3 nitrogen and oxygen atoms in total. The number of benzene rings is 2. The van der Waals surface area contributed by atoms with Crippen LogP contribution in [0.2, 0.25) is 0 Å². The highest BCUT2D eigenvalue weighted by atomic mass is 32.2. The number of hydrogen-bond acceptors (Lipinski definition) is 3. The van der Waals surface area contributed by atoms with Gasteiger partial charge in [-0.25, -0.2) is 4.39 Å². The first-order valence-corrected chi connectivity index (χ1v) is 7.50. The van der Waals surface area contributed by atoms with Gasteiger partial charge >= 0.3 is 0 Å². The second-order valence-corrected chi connectivity index (χ2v) is 5.79. The Kier molecular flexibility index (Phi) is 5.22. The number of halogens is 1. The fourth-order valence-electron chi connectivity index (χ4n) is 1.87. The number of carbonyl (C=O) groups is 1. The molecule has 0 bridgehead atoms. The molecule has 0 fully saturated rings. The van der Waals surface area contributed by atoms with Gasteiger partial charge in [-0.3, -0.25) is 4.79 Å². The molecule has 0 aliphatic carbocycles. The normalized spacial score (nSPS) is 10.4. The quantitative estimate of drug-likeness (QED) is 0.682. The average Bonchev–Trinajstić information content (AvgIpc) is 2.44. The molecular weight excluding hydrogens is 287 g/mol. The Bertz CT molecular complexity index is 599. The lowest BCUT2D eigenvalue weighted by Crippen LogP contribution is -2.27. The smallest absolute Gasteiger partial charge is 0.232 e. The van der Waals surface area contributed by atoms with Gasteiger partial charge in [0.15, 0.2) is 0 Å². The van der Waals surface area contributed by atoms with E-state index in [2.05, 4.69) is 0 Å². The zero-order valence-corrected chi connectivity index (χ0v) is 12.6. The van der Waals surface area contributed by atoms with Crippen LogP contribution in [0.4, 0.5) is 10.1 Å². The van der Waals surface area contributed by atoms with Crippen molar-refractivity contribution in [1.82, 2.24) is 4.90 Å². The lowest BCUT2D eigenvalue weighted by molar-refractivity contribution is -0.127. The molecule has 0 radical (unpaired) electrons. The van der Waals surface area contributed by atoms with E-state index in [1.54, 1.807) is 18.0 Å². The van der Waals surface area contributed by atoms with Crippen molar-refractivity contribution in [2.24, 2.45) is 0 Å². The summed E-state index contributed by atoms with van der Waals surface area (Å²) >= 11 is 1.28. The van der Waals surface area contributed by atoms with Crippen molar-refractivity contribution in [3.63, 3.8) is 0 Å². The summed E-state index contributed by atoms with van der Waals surface area (Å²) in [4.78, 5) is 14.4. The van der Waals surface area contributed by atoms with E-state index in [0.717, 1.165) is 5.56 Å². The van der Waals surface area contributed by atoms with E-state index in [4.69, 9.17) is 5.73 Å². The highest BCUT2D eigenvalue weighted by Gasteiger charge is 2.10. The number of hydrogen-bond donors (Lipinski definition) is 1. The molecule has 2 aromatic rings. The predicted octanol–water partition coefficient (Wildman–Crippen LogP) is 3.16. The molecule has 1 amide bonds. The lowest BCUT2D eigenvalue weighted by Gasteiger charge is -2.17. The number of nitrogens with zero attached hydrogens (tertiary/aromatic N) is 1. The van der Waals surface area contributed by atoms with E-state index in [-0.39, 0.29) is 17.5 Å². The van der Waals surface area contributed by atoms with Crippen molar-refractivity contribution in [2.75, 3.05) is 18.5 Å². The molecular formula is C16H17FN2OS.